The molecule has 0 radical (unpaired) electrons. The van der Waals surface area contributed by atoms with Crippen molar-refractivity contribution in [1.82, 2.24) is 5.32 Å². The lowest BCUT2D eigenvalue weighted by Crippen LogP contribution is -2.47. The number of likely N-dealkylation sites (N-methyl/N-ethyl adjacent to an activating group) is 1. The third-order valence-corrected chi connectivity index (χ3v) is 16.3. The number of phosphoric ester groups is 1. The molecular formula is C73H133N2O7P. The second-order valence-electron chi connectivity index (χ2n) is 24.7. The first-order valence-electron chi connectivity index (χ1n) is 34.9. The lowest BCUT2D eigenvalue weighted by atomic mass is 10.0. The van der Waals surface area contributed by atoms with Gasteiger partial charge < -0.3 is 28.5 Å². The first-order valence-corrected chi connectivity index (χ1v) is 36.4. The van der Waals surface area contributed by atoms with Crippen LogP contribution in [0.5, 0.6) is 0 Å². The highest BCUT2D eigenvalue weighted by Gasteiger charge is 2.27. The molecule has 0 rings (SSSR count). The maximum Gasteiger partial charge on any atom is 0.306 e. The van der Waals surface area contributed by atoms with Gasteiger partial charge in [-0.3, -0.25) is 14.2 Å². The van der Waals surface area contributed by atoms with Crippen LogP contribution in [-0.4, -0.2) is 69.4 Å². The van der Waals surface area contributed by atoms with Gasteiger partial charge in [0.2, 0.25) is 5.91 Å². The highest BCUT2D eigenvalue weighted by molar-refractivity contribution is 7.45. The van der Waals surface area contributed by atoms with Crippen molar-refractivity contribution in [1.29, 1.82) is 0 Å². The van der Waals surface area contributed by atoms with Gasteiger partial charge in [-0.15, -0.1) is 0 Å². The third kappa shape index (κ3) is 63.5. The van der Waals surface area contributed by atoms with Crippen molar-refractivity contribution in [2.24, 2.45) is 0 Å². The zero-order chi connectivity index (χ0) is 60.7. The number of rotatable bonds is 63. The molecule has 10 heteroatoms. The maximum absolute atomic E-state index is 13.6. The molecule has 0 aliphatic heterocycles. The summed E-state index contributed by atoms with van der Waals surface area (Å²) >= 11 is 0. The molecule has 0 bridgehead atoms. The number of quaternary nitrogens is 1. The minimum atomic E-state index is -4.72. The van der Waals surface area contributed by atoms with Crippen molar-refractivity contribution in [2.75, 3.05) is 40.9 Å². The summed E-state index contributed by atoms with van der Waals surface area (Å²) in [6.45, 7) is 6.78. The summed E-state index contributed by atoms with van der Waals surface area (Å²) in [5.74, 6) is -0.599. The van der Waals surface area contributed by atoms with Gasteiger partial charge in [0.15, 0.2) is 0 Å². The number of carbonyl (C=O) groups is 2. The number of hydrogen-bond donors (Lipinski definition) is 1. The van der Waals surface area contributed by atoms with Crippen LogP contribution < -0.4 is 10.2 Å². The normalized spacial score (nSPS) is 14.1. The van der Waals surface area contributed by atoms with E-state index in [1.54, 1.807) is 0 Å². The van der Waals surface area contributed by atoms with E-state index in [1.165, 1.54) is 205 Å². The Hall–Kier alpha value is -2.81. The molecule has 0 aromatic carbocycles. The summed E-state index contributed by atoms with van der Waals surface area (Å²) in [7, 11) is 1.16. The van der Waals surface area contributed by atoms with Crippen LogP contribution in [0.4, 0.5) is 0 Å². The second-order valence-corrected chi connectivity index (χ2v) is 26.1. The van der Waals surface area contributed by atoms with Crippen LogP contribution in [-0.2, 0) is 27.9 Å². The van der Waals surface area contributed by atoms with E-state index in [2.05, 4.69) is 99.0 Å². The van der Waals surface area contributed by atoms with E-state index < -0.39 is 32.5 Å². The van der Waals surface area contributed by atoms with Crippen molar-refractivity contribution in [3.8, 4) is 0 Å². The van der Waals surface area contributed by atoms with Crippen LogP contribution in [0, 0.1) is 0 Å². The Labute approximate surface area is 514 Å². The Morgan fingerprint density at radius 2 is 0.747 bits per heavy atom. The van der Waals surface area contributed by atoms with Crippen molar-refractivity contribution in [2.45, 2.75) is 328 Å². The van der Waals surface area contributed by atoms with Crippen LogP contribution in [0.2, 0.25) is 0 Å². The van der Waals surface area contributed by atoms with Crippen molar-refractivity contribution in [3.63, 3.8) is 0 Å². The lowest BCUT2D eigenvalue weighted by Gasteiger charge is -2.30. The van der Waals surface area contributed by atoms with E-state index in [0.29, 0.717) is 23.9 Å². The maximum atomic E-state index is 13.6. The molecule has 0 aliphatic carbocycles. The van der Waals surface area contributed by atoms with E-state index in [9.17, 15) is 19.0 Å². The molecule has 0 heterocycles. The molecule has 1 N–H and O–H groups in total. The number of amides is 1. The van der Waals surface area contributed by atoms with Gasteiger partial charge in [0.05, 0.1) is 33.8 Å². The summed E-state index contributed by atoms with van der Waals surface area (Å²) in [4.78, 5) is 40.1. The van der Waals surface area contributed by atoms with Gasteiger partial charge in [-0.1, -0.05) is 286 Å². The number of allylic oxidation sites excluding steroid dienone is 13. The predicted molar refractivity (Wildman–Crippen MR) is 358 cm³/mol. The van der Waals surface area contributed by atoms with E-state index in [4.69, 9.17) is 13.8 Å². The molecule has 0 fully saturated rings. The summed E-state index contributed by atoms with van der Waals surface area (Å²) in [6, 6.07) is -0.914. The number of nitrogens with one attached hydrogen (secondary N) is 1. The average molecular weight is 1180 g/mol. The van der Waals surface area contributed by atoms with Crippen LogP contribution in [0.3, 0.4) is 0 Å². The van der Waals surface area contributed by atoms with Crippen molar-refractivity contribution < 1.29 is 37.3 Å². The van der Waals surface area contributed by atoms with Crippen LogP contribution in [0.15, 0.2) is 85.1 Å². The molecule has 0 saturated heterocycles. The van der Waals surface area contributed by atoms with E-state index in [0.717, 1.165) is 70.6 Å². The van der Waals surface area contributed by atoms with E-state index in [-0.39, 0.29) is 18.9 Å². The van der Waals surface area contributed by atoms with Gasteiger partial charge in [-0.25, -0.2) is 0 Å². The molecule has 482 valence electrons. The molecule has 83 heavy (non-hydrogen) atoms. The largest absolute Gasteiger partial charge is 0.756 e. The molecule has 0 aromatic rings. The van der Waals surface area contributed by atoms with Gasteiger partial charge in [-0.2, -0.15) is 0 Å². The SMILES string of the molecule is CCCCC/C=C\C/C=C\C/C=C\C/C=C\CCCC(=O)OC(/C=C\CCCCCCCCCCCCC)C(COP(=O)([O-])OCC[N+](C)(C)C)NC(=O)CCCCCCCCCCCCCCCCCCC/C=C\C/C=C\CCCCC. The van der Waals surface area contributed by atoms with Gasteiger partial charge in [0, 0.05) is 12.8 Å². The molecule has 0 aliphatic rings. The Morgan fingerprint density at radius 1 is 0.422 bits per heavy atom. The minimum absolute atomic E-state index is 0.0323. The van der Waals surface area contributed by atoms with Crippen LogP contribution >= 0.6 is 7.82 Å². The quantitative estimate of drug-likeness (QED) is 0.0212. The number of carbonyl (C=O) groups excluding carboxylic acids is 2. The monoisotopic (exact) mass is 1180 g/mol. The minimum Gasteiger partial charge on any atom is -0.756 e. The Bertz CT molecular complexity index is 1700. The topological polar surface area (TPSA) is 114 Å². The standard InChI is InChI=1S/C73H133N2O7P/c1-7-10-13-16-19-22-25-28-30-32-33-34-35-36-37-38-39-40-41-43-44-47-50-53-56-59-62-65-72(76)74-70(69-81-83(78,79)80-68-67-75(4,5)6)71(64-61-58-55-52-49-46-27-24-21-18-15-12-9-3)82-73(77)66-63-60-57-54-51-48-45-42-31-29-26-23-20-17-14-11-8-2/h19-20,22-23,28-31,45,48,54,57,61,64,70-71H,7-18,21,24-27,32-44,46-47,49-53,55-56,58-60,62-63,65-69H2,1-6H3,(H-,74,76,78,79)/b22-19-,23-20-,30-28-,31-29-,48-45-,57-54-,64-61-. The number of hydrogen-bond acceptors (Lipinski definition) is 7. The van der Waals surface area contributed by atoms with Crippen molar-refractivity contribution >= 4 is 19.7 Å². The highest BCUT2D eigenvalue weighted by atomic mass is 31.2. The summed E-state index contributed by atoms with van der Waals surface area (Å²) in [5.41, 5.74) is 0. The molecule has 0 saturated carbocycles. The fourth-order valence-electron chi connectivity index (χ4n) is 9.90. The van der Waals surface area contributed by atoms with Crippen LogP contribution in [0.1, 0.15) is 316 Å². The first kappa shape index (κ1) is 80.2. The predicted octanol–water partition coefficient (Wildman–Crippen LogP) is 21.5. The Morgan fingerprint density at radius 3 is 1.14 bits per heavy atom. The average Bonchev–Trinajstić information content (AvgIpc) is 3.47. The highest BCUT2D eigenvalue weighted by Crippen LogP contribution is 2.38. The number of nitrogens with zero attached hydrogens (tertiary/aromatic N) is 1. The second kappa shape index (κ2) is 62.2. The summed E-state index contributed by atoms with van der Waals surface area (Å²) in [5, 5.41) is 3.03. The third-order valence-electron chi connectivity index (χ3n) is 15.3. The smallest absolute Gasteiger partial charge is 0.306 e. The molecule has 0 spiro atoms. The number of unbranched alkanes of at least 4 members (excludes halogenated alkanes) is 35. The zero-order valence-electron chi connectivity index (χ0n) is 55.1. The fourth-order valence-corrected chi connectivity index (χ4v) is 10.6. The number of esters is 1. The number of phosphoric acid groups is 1. The zero-order valence-corrected chi connectivity index (χ0v) is 56.0. The van der Waals surface area contributed by atoms with Crippen molar-refractivity contribution in [3.05, 3.63) is 85.1 Å². The Balaban J connectivity index is 5.11. The molecular weight excluding hydrogens is 1050 g/mol. The van der Waals surface area contributed by atoms with Gasteiger partial charge >= 0.3 is 5.97 Å². The molecule has 9 nitrogen and oxygen atoms in total. The lowest BCUT2D eigenvalue weighted by molar-refractivity contribution is -0.870. The van der Waals surface area contributed by atoms with Crippen LogP contribution in [0.25, 0.3) is 0 Å². The van der Waals surface area contributed by atoms with Gasteiger partial charge in [-0.05, 0) is 102 Å². The molecule has 3 unspecified atom stereocenters. The Kier molecular flexibility index (Phi) is 60.1. The first-order chi connectivity index (χ1) is 40.4. The van der Waals surface area contributed by atoms with E-state index in [1.807, 2.05) is 33.3 Å². The fraction of sp³-hybridized carbons (Fsp3) is 0.781. The number of ether oxygens (including phenoxy) is 1. The molecule has 0 aromatic heterocycles. The summed E-state index contributed by atoms with van der Waals surface area (Å²) < 4.78 is 30.4. The summed E-state index contributed by atoms with van der Waals surface area (Å²) in [6.07, 6.45) is 82.9. The van der Waals surface area contributed by atoms with Gasteiger partial charge in [0.25, 0.3) is 7.82 Å². The molecule has 1 amide bonds. The van der Waals surface area contributed by atoms with Gasteiger partial charge in [0.1, 0.15) is 19.3 Å². The van der Waals surface area contributed by atoms with E-state index >= 15 is 0 Å². The molecule has 3 atom stereocenters.